The van der Waals surface area contributed by atoms with Crippen LogP contribution >= 0.6 is 0 Å². The first-order valence-electron chi connectivity index (χ1n) is 6.19. The molecule has 1 rings (SSSR count). The van der Waals surface area contributed by atoms with Gasteiger partial charge in [0.15, 0.2) is 0 Å². The van der Waals surface area contributed by atoms with Gasteiger partial charge in [-0.1, -0.05) is 26.7 Å². The van der Waals surface area contributed by atoms with Gasteiger partial charge in [0, 0.05) is 13.5 Å². The van der Waals surface area contributed by atoms with Crippen LogP contribution in [0.2, 0.25) is 0 Å². The monoisotopic (exact) mass is 212 g/mol. The van der Waals surface area contributed by atoms with Crippen molar-refractivity contribution in [3.05, 3.63) is 0 Å². The summed E-state index contributed by atoms with van der Waals surface area (Å²) in [4.78, 5) is 12.2. The Bertz CT molecular complexity index is 209. The molecule has 0 aliphatic heterocycles. The fourth-order valence-electron chi connectivity index (χ4n) is 2.86. The number of rotatable bonds is 5. The Balaban J connectivity index is 2.79. The number of hydrogen-bond acceptors (Lipinski definition) is 2. The number of ether oxygens (including phenoxy) is 1. The summed E-state index contributed by atoms with van der Waals surface area (Å²) in [7, 11) is 1.71. The fraction of sp³-hybridized carbons (Fsp3) is 0.923. The molecule has 1 saturated carbocycles. The van der Waals surface area contributed by atoms with Gasteiger partial charge in [-0.15, -0.1) is 0 Å². The lowest BCUT2D eigenvalue weighted by Gasteiger charge is -2.41. The first-order chi connectivity index (χ1) is 7.17. The van der Waals surface area contributed by atoms with Crippen molar-refractivity contribution in [3.8, 4) is 0 Å². The molecule has 88 valence electrons. The van der Waals surface area contributed by atoms with Gasteiger partial charge in [0.05, 0.1) is 12.0 Å². The smallest absolute Gasteiger partial charge is 0.141 e. The number of Topliss-reactive ketones (excluding diaryl/α,β-unsaturated/α-hetero) is 1. The largest absolute Gasteiger partial charge is 0.384 e. The molecule has 0 aromatic rings. The van der Waals surface area contributed by atoms with Crippen LogP contribution in [0.4, 0.5) is 0 Å². The van der Waals surface area contributed by atoms with Crippen LogP contribution in [-0.2, 0) is 9.53 Å². The molecule has 0 aromatic heterocycles. The number of carbonyl (C=O) groups is 1. The van der Waals surface area contributed by atoms with Gasteiger partial charge < -0.3 is 4.74 Å². The maximum atomic E-state index is 12.2. The fourth-order valence-corrected chi connectivity index (χ4v) is 2.86. The van der Waals surface area contributed by atoms with Crippen LogP contribution in [0.15, 0.2) is 0 Å². The lowest BCUT2D eigenvalue weighted by Crippen LogP contribution is -2.43. The Hall–Kier alpha value is -0.370. The van der Waals surface area contributed by atoms with E-state index in [4.69, 9.17) is 4.74 Å². The molecule has 1 fully saturated rings. The van der Waals surface area contributed by atoms with Crippen LogP contribution in [0.5, 0.6) is 0 Å². The van der Waals surface area contributed by atoms with Gasteiger partial charge in [-0.25, -0.2) is 0 Å². The van der Waals surface area contributed by atoms with Gasteiger partial charge in [0.2, 0.25) is 0 Å². The molecule has 1 unspecified atom stereocenters. The predicted molar refractivity (Wildman–Crippen MR) is 61.9 cm³/mol. The molecule has 0 amide bonds. The van der Waals surface area contributed by atoms with Crippen molar-refractivity contribution in [2.24, 2.45) is 11.3 Å². The highest BCUT2D eigenvalue weighted by Gasteiger charge is 2.43. The van der Waals surface area contributed by atoms with Gasteiger partial charge in [0.1, 0.15) is 5.78 Å². The summed E-state index contributed by atoms with van der Waals surface area (Å²) in [6, 6.07) is 0. The number of ketones is 1. The Morgan fingerprint density at radius 1 is 1.47 bits per heavy atom. The molecular weight excluding hydrogens is 188 g/mol. The summed E-state index contributed by atoms with van der Waals surface area (Å²) in [6.45, 7) is 4.91. The van der Waals surface area contributed by atoms with Crippen molar-refractivity contribution >= 4 is 5.78 Å². The number of methoxy groups -OCH3 is 1. The maximum Gasteiger partial charge on any atom is 0.141 e. The van der Waals surface area contributed by atoms with Crippen molar-refractivity contribution < 1.29 is 9.53 Å². The van der Waals surface area contributed by atoms with Gasteiger partial charge >= 0.3 is 0 Å². The van der Waals surface area contributed by atoms with Crippen LogP contribution < -0.4 is 0 Å². The summed E-state index contributed by atoms with van der Waals surface area (Å²) in [5, 5.41) is 0. The first-order valence-corrected chi connectivity index (χ1v) is 6.19. The van der Waals surface area contributed by atoms with E-state index in [0.717, 1.165) is 12.8 Å². The van der Waals surface area contributed by atoms with Crippen molar-refractivity contribution in [1.29, 1.82) is 0 Å². The molecule has 0 N–H and O–H groups in total. The summed E-state index contributed by atoms with van der Waals surface area (Å²) in [5.74, 6) is 0.921. The average Bonchev–Trinajstić information content (AvgIpc) is 2.22. The van der Waals surface area contributed by atoms with Gasteiger partial charge in [0.25, 0.3) is 0 Å². The SMILES string of the molecule is CCCC(=O)[C@]1(COC)CCCCC1C. The summed E-state index contributed by atoms with van der Waals surface area (Å²) in [6.07, 6.45) is 6.33. The Morgan fingerprint density at radius 2 is 2.20 bits per heavy atom. The molecule has 0 radical (unpaired) electrons. The van der Waals surface area contributed by atoms with E-state index < -0.39 is 0 Å². The lowest BCUT2D eigenvalue weighted by molar-refractivity contribution is -0.138. The topological polar surface area (TPSA) is 26.3 Å². The summed E-state index contributed by atoms with van der Waals surface area (Å²) in [5.41, 5.74) is -0.164. The van der Waals surface area contributed by atoms with E-state index in [1.54, 1.807) is 7.11 Å². The van der Waals surface area contributed by atoms with Crippen LogP contribution in [-0.4, -0.2) is 19.5 Å². The van der Waals surface area contributed by atoms with Gasteiger partial charge in [-0.2, -0.15) is 0 Å². The van der Waals surface area contributed by atoms with Crippen molar-refractivity contribution in [1.82, 2.24) is 0 Å². The zero-order valence-corrected chi connectivity index (χ0v) is 10.3. The second kappa shape index (κ2) is 5.64. The maximum absolute atomic E-state index is 12.2. The highest BCUT2D eigenvalue weighted by Crippen LogP contribution is 2.43. The molecule has 1 aliphatic rings. The highest BCUT2D eigenvalue weighted by molar-refractivity contribution is 5.85. The van der Waals surface area contributed by atoms with E-state index in [1.165, 1.54) is 19.3 Å². The molecule has 2 atom stereocenters. The third-order valence-corrected chi connectivity index (χ3v) is 3.89. The second-order valence-electron chi connectivity index (χ2n) is 4.91. The Morgan fingerprint density at radius 3 is 2.73 bits per heavy atom. The quantitative estimate of drug-likeness (QED) is 0.699. The molecule has 0 spiro atoms. The first kappa shape index (κ1) is 12.7. The van der Waals surface area contributed by atoms with E-state index in [2.05, 4.69) is 13.8 Å². The molecule has 0 heterocycles. The van der Waals surface area contributed by atoms with Crippen molar-refractivity contribution in [2.75, 3.05) is 13.7 Å². The van der Waals surface area contributed by atoms with E-state index >= 15 is 0 Å². The molecule has 0 aromatic carbocycles. The van der Waals surface area contributed by atoms with E-state index in [-0.39, 0.29) is 5.41 Å². The van der Waals surface area contributed by atoms with Crippen LogP contribution in [0.1, 0.15) is 52.4 Å². The third-order valence-electron chi connectivity index (χ3n) is 3.89. The standard InChI is InChI=1S/C13H24O2/c1-4-7-12(14)13(10-15-3)9-6-5-8-11(13)2/h11H,4-10H2,1-3H3/t11?,13-/m0/s1. The normalized spacial score (nSPS) is 31.5. The molecule has 0 saturated heterocycles. The van der Waals surface area contributed by atoms with Crippen molar-refractivity contribution in [3.63, 3.8) is 0 Å². The minimum absolute atomic E-state index is 0.164. The van der Waals surface area contributed by atoms with E-state index in [0.29, 0.717) is 24.7 Å². The minimum atomic E-state index is -0.164. The second-order valence-corrected chi connectivity index (χ2v) is 4.91. The minimum Gasteiger partial charge on any atom is -0.384 e. The molecular formula is C13H24O2. The zero-order valence-electron chi connectivity index (χ0n) is 10.3. The molecule has 1 aliphatic carbocycles. The summed E-state index contributed by atoms with van der Waals surface area (Å²) >= 11 is 0. The van der Waals surface area contributed by atoms with E-state index in [9.17, 15) is 4.79 Å². The average molecular weight is 212 g/mol. The molecule has 0 bridgehead atoms. The summed E-state index contributed by atoms with van der Waals surface area (Å²) < 4.78 is 5.30. The van der Waals surface area contributed by atoms with Crippen LogP contribution in [0, 0.1) is 11.3 Å². The molecule has 2 nitrogen and oxygen atoms in total. The highest BCUT2D eigenvalue weighted by atomic mass is 16.5. The third kappa shape index (κ3) is 2.60. The van der Waals surface area contributed by atoms with Gasteiger partial charge in [-0.05, 0) is 25.2 Å². The van der Waals surface area contributed by atoms with Crippen LogP contribution in [0.25, 0.3) is 0 Å². The number of hydrogen-bond donors (Lipinski definition) is 0. The Kier molecular flexibility index (Phi) is 4.78. The number of carbonyl (C=O) groups excluding carboxylic acids is 1. The predicted octanol–water partition coefficient (Wildman–Crippen LogP) is 3.20. The molecule has 15 heavy (non-hydrogen) atoms. The molecule has 2 heteroatoms. The zero-order chi connectivity index (χ0) is 11.3. The Labute approximate surface area is 93.4 Å². The van der Waals surface area contributed by atoms with Crippen molar-refractivity contribution in [2.45, 2.75) is 52.4 Å². The van der Waals surface area contributed by atoms with E-state index in [1.807, 2.05) is 0 Å². The van der Waals surface area contributed by atoms with Crippen LogP contribution in [0.3, 0.4) is 0 Å². The van der Waals surface area contributed by atoms with Gasteiger partial charge in [-0.3, -0.25) is 4.79 Å². The lowest BCUT2D eigenvalue weighted by atomic mass is 9.64.